The van der Waals surface area contributed by atoms with Gasteiger partial charge >= 0.3 is 6.18 Å². The lowest BCUT2D eigenvalue weighted by atomic mass is 10.2. The van der Waals surface area contributed by atoms with Gasteiger partial charge < -0.3 is 10.7 Å². The molecule has 0 aliphatic carbocycles. The van der Waals surface area contributed by atoms with Gasteiger partial charge in [-0.25, -0.2) is 9.67 Å². The van der Waals surface area contributed by atoms with Crippen molar-refractivity contribution >= 4 is 29.1 Å². The fourth-order valence-corrected chi connectivity index (χ4v) is 2.58. The van der Waals surface area contributed by atoms with Gasteiger partial charge in [0.1, 0.15) is 5.52 Å². The molecule has 26 heavy (non-hydrogen) atoms. The number of pyridine rings is 1. The monoisotopic (exact) mass is 379 g/mol. The Morgan fingerprint density at radius 3 is 2.46 bits per heavy atom. The Morgan fingerprint density at radius 2 is 1.77 bits per heavy atom. The van der Waals surface area contributed by atoms with Crippen LogP contribution in [0.4, 0.5) is 18.9 Å². The molecule has 0 radical (unpaired) electrons. The number of nitrogens with two attached hydrogens (primary N) is 1. The molecular formula is C17H13ClF3N5. The van der Waals surface area contributed by atoms with Gasteiger partial charge in [0.05, 0.1) is 34.3 Å². The zero-order valence-corrected chi connectivity index (χ0v) is 14.0. The largest absolute Gasteiger partial charge is 0.416 e. The summed E-state index contributed by atoms with van der Waals surface area (Å²) in [7, 11) is 0. The highest BCUT2D eigenvalue weighted by Crippen LogP contribution is 2.30. The lowest BCUT2D eigenvalue weighted by Crippen LogP contribution is -2.05. The van der Waals surface area contributed by atoms with Crippen molar-refractivity contribution in [1.82, 2.24) is 19.7 Å². The molecule has 1 aromatic carbocycles. The minimum Gasteiger partial charge on any atom is -0.396 e. The molecule has 9 heteroatoms. The van der Waals surface area contributed by atoms with E-state index in [0.717, 1.165) is 23.2 Å². The van der Waals surface area contributed by atoms with Crippen LogP contribution >= 0.6 is 12.4 Å². The topological polar surface area (TPSA) is 72.5 Å². The number of rotatable bonds is 2. The van der Waals surface area contributed by atoms with Crippen LogP contribution in [0.1, 0.15) is 5.56 Å². The van der Waals surface area contributed by atoms with E-state index in [0.29, 0.717) is 22.6 Å². The highest BCUT2D eigenvalue weighted by atomic mass is 35.5. The molecule has 0 amide bonds. The van der Waals surface area contributed by atoms with Crippen LogP contribution in [-0.2, 0) is 6.18 Å². The van der Waals surface area contributed by atoms with E-state index in [9.17, 15) is 13.2 Å². The van der Waals surface area contributed by atoms with Crippen molar-refractivity contribution < 1.29 is 13.2 Å². The Balaban J connectivity index is 0.00000196. The second-order valence-electron chi connectivity index (χ2n) is 5.55. The summed E-state index contributed by atoms with van der Waals surface area (Å²) < 4.78 is 39.4. The number of halogens is 4. The molecule has 4 aromatic rings. The molecule has 3 N–H and O–H groups in total. The maximum Gasteiger partial charge on any atom is 0.416 e. The van der Waals surface area contributed by atoms with Crippen LogP contribution in [0.25, 0.3) is 28.0 Å². The van der Waals surface area contributed by atoms with E-state index in [2.05, 4.69) is 15.1 Å². The molecule has 0 bridgehead atoms. The van der Waals surface area contributed by atoms with E-state index in [-0.39, 0.29) is 12.4 Å². The molecule has 134 valence electrons. The summed E-state index contributed by atoms with van der Waals surface area (Å²) in [6.45, 7) is 0. The third kappa shape index (κ3) is 3.11. The maximum atomic E-state index is 12.6. The van der Waals surface area contributed by atoms with Gasteiger partial charge in [0, 0.05) is 18.0 Å². The summed E-state index contributed by atoms with van der Waals surface area (Å²) in [5.74, 6) is 0. The maximum absolute atomic E-state index is 12.6. The first-order chi connectivity index (χ1) is 11.9. The standard InChI is InChI=1S/C17H12F3N5.ClH/c18-17(19,20)11-1-3-12(4-2-11)25-9-10(7-23-25)14-5-6-15-16(24-14)13(21)8-22-15;/h1-9,22H,21H2;1H. The average Bonchev–Trinajstić information content (AvgIpc) is 3.22. The number of nitrogens with zero attached hydrogens (tertiary/aromatic N) is 3. The van der Waals surface area contributed by atoms with E-state index >= 15 is 0 Å². The van der Waals surface area contributed by atoms with Gasteiger partial charge in [0.25, 0.3) is 0 Å². The lowest BCUT2D eigenvalue weighted by molar-refractivity contribution is -0.137. The first-order valence-electron chi connectivity index (χ1n) is 7.38. The van der Waals surface area contributed by atoms with Gasteiger partial charge in [-0.1, -0.05) is 0 Å². The van der Waals surface area contributed by atoms with Gasteiger partial charge in [-0.3, -0.25) is 0 Å². The number of nitrogens with one attached hydrogen (secondary N) is 1. The van der Waals surface area contributed by atoms with Crippen molar-refractivity contribution in [3.05, 3.63) is 60.6 Å². The van der Waals surface area contributed by atoms with Crippen LogP contribution in [0, 0.1) is 0 Å². The normalized spacial score (nSPS) is 11.5. The molecule has 0 aliphatic rings. The zero-order valence-electron chi connectivity index (χ0n) is 13.2. The third-order valence-electron chi connectivity index (χ3n) is 3.89. The number of hydrogen-bond acceptors (Lipinski definition) is 3. The quantitative estimate of drug-likeness (QED) is 0.541. The SMILES string of the molecule is Cl.Nc1c[nH]c2ccc(-c3cnn(-c4ccc(C(F)(F)F)cc4)c3)nc12. The van der Waals surface area contributed by atoms with Crippen LogP contribution < -0.4 is 5.73 Å². The van der Waals surface area contributed by atoms with Gasteiger partial charge in [-0.15, -0.1) is 12.4 Å². The van der Waals surface area contributed by atoms with Crippen molar-refractivity contribution in [1.29, 1.82) is 0 Å². The smallest absolute Gasteiger partial charge is 0.396 e. The molecule has 3 aromatic heterocycles. The van der Waals surface area contributed by atoms with Crippen LogP contribution in [0.5, 0.6) is 0 Å². The lowest BCUT2D eigenvalue weighted by Gasteiger charge is -2.07. The van der Waals surface area contributed by atoms with E-state index < -0.39 is 11.7 Å². The first kappa shape index (κ1) is 17.8. The molecule has 0 aliphatic heterocycles. The molecule has 0 unspecified atom stereocenters. The number of H-pyrrole nitrogens is 1. The van der Waals surface area contributed by atoms with Crippen LogP contribution in [-0.4, -0.2) is 19.7 Å². The van der Waals surface area contributed by atoms with Gasteiger partial charge in [-0.05, 0) is 36.4 Å². The van der Waals surface area contributed by atoms with Crippen molar-refractivity contribution in [2.45, 2.75) is 6.18 Å². The van der Waals surface area contributed by atoms with E-state index in [4.69, 9.17) is 5.73 Å². The minimum atomic E-state index is -4.36. The average molecular weight is 380 g/mol. The van der Waals surface area contributed by atoms with Crippen LogP contribution in [0.3, 0.4) is 0 Å². The van der Waals surface area contributed by atoms with E-state index in [1.807, 2.05) is 12.1 Å². The third-order valence-corrected chi connectivity index (χ3v) is 3.89. The van der Waals surface area contributed by atoms with Gasteiger partial charge in [-0.2, -0.15) is 18.3 Å². The van der Waals surface area contributed by atoms with E-state index in [1.54, 1.807) is 18.6 Å². The molecule has 5 nitrogen and oxygen atoms in total. The summed E-state index contributed by atoms with van der Waals surface area (Å²) in [6, 6.07) is 8.50. The molecule has 0 saturated carbocycles. The predicted octanol–water partition coefficient (Wildman–Crippen LogP) is 4.44. The molecular weight excluding hydrogens is 367 g/mol. The van der Waals surface area contributed by atoms with Crippen molar-refractivity contribution in [2.75, 3.05) is 5.73 Å². The zero-order chi connectivity index (χ0) is 17.6. The Morgan fingerprint density at radius 1 is 1.04 bits per heavy atom. The molecule has 3 heterocycles. The Bertz CT molecular complexity index is 1050. The van der Waals surface area contributed by atoms with Gasteiger partial charge in [0.2, 0.25) is 0 Å². The number of hydrogen-bond donors (Lipinski definition) is 2. The van der Waals surface area contributed by atoms with E-state index in [1.165, 1.54) is 16.8 Å². The minimum absolute atomic E-state index is 0. The second kappa shape index (κ2) is 6.38. The highest BCUT2D eigenvalue weighted by Gasteiger charge is 2.30. The number of aromatic nitrogens is 4. The molecule has 0 saturated heterocycles. The fraction of sp³-hybridized carbons (Fsp3) is 0.0588. The van der Waals surface area contributed by atoms with Crippen LogP contribution in [0.15, 0.2) is 55.0 Å². The Kier molecular flexibility index (Phi) is 4.37. The molecule has 0 atom stereocenters. The van der Waals surface area contributed by atoms with Crippen molar-refractivity contribution in [3.8, 4) is 16.9 Å². The number of anilines is 1. The Hall–Kier alpha value is -3.00. The number of fused-ring (bicyclic) bond motifs is 1. The predicted molar refractivity (Wildman–Crippen MR) is 95.3 cm³/mol. The Labute approximate surface area is 152 Å². The van der Waals surface area contributed by atoms with Gasteiger partial charge in [0.15, 0.2) is 0 Å². The van der Waals surface area contributed by atoms with Crippen LogP contribution in [0.2, 0.25) is 0 Å². The number of nitrogen functional groups attached to an aromatic ring is 1. The summed E-state index contributed by atoms with van der Waals surface area (Å²) in [5.41, 5.74) is 9.16. The summed E-state index contributed by atoms with van der Waals surface area (Å²) in [5, 5.41) is 4.20. The van der Waals surface area contributed by atoms with Crippen molar-refractivity contribution in [3.63, 3.8) is 0 Å². The second-order valence-corrected chi connectivity index (χ2v) is 5.55. The summed E-state index contributed by atoms with van der Waals surface area (Å²) in [4.78, 5) is 7.51. The highest BCUT2D eigenvalue weighted by molar-refractivity contribution is 5.89. The molecule has 4 rings (SSSR count). The number of benzene rings is 1. The summed E-state index contributed by atoms with van der Waals surface area (Å²) >= 11 is 0. The fourth-order valence-electron chi connectivity index (χ4n) is 2.58. The number of aromatic amines is 1. The summed E-state index contributed by atoms with van der Waals surface area (Å²) in [6.07, 6.45) is 0.630. The molecule has 0 spiro atoms. The number of alkyl halides is 3. The van der Waals surface area contributed by atoms with Crippen molar-refractivity contribution in [2.24, 2.45) is 0 Å². The first-order valence-corrected chi connectivity index (χ1v) is 7.38. The molecule has 0 fully saturated rings.